The molecule has 11 nitrogen and oxygen atoms in total. The monoisotopic (exact) mass is 584 g/mol. The van der Waals surface area contributed by atoms with Crippen molar-refractivity contribution < 1.29 is 33.3 Å². The van der Waals surface area contributed by atoms with Crippen LogP contribution in [0.2, 0.25) is 10.0 Å². The van der Waals surface area contributed by atoms with Crippen molar-refractivity contribution in [1.82, 2.24) is 15.3 Å². The molecule has 13 heteroatoms. The number of hydrogen-bond acceptors (Lipinski definition) is 9. The summed E-state index contributed by atoms with van der Waals surface area (Å²) in [6, 6.07) is 1.37. The van der Waals surface area contributed by atoms with Crippen LogP contribution in [0.15, 0.2) is 12.3 Å². The van der Waals surface area contributed by atoms with Crippen molar-refractivity contribution in [1.29, 1.82) is 0 Å². The van der Waals surface area contributed by atoms with Crippen molar-refractivity contribution in [3.05, 3.63) is 39.3 Å². The smallest absolute Gasteiger partial charge is 0.344 e. The van der Waals surface area contributed by atoms with E-state index < -0.39 is 24.1 Å². The molecule has 0 bridgehead atoms. The van der Waals surface area contributed by atoms with Crippen LogP contribution in [0.1, 0.15) is 60.2 Å². The molecule has 1 saturated heterocycles. The average Bonchev–Trinajstić information content (AvgIpc) is 3.14. The van der Waals surface area contributed by atoms with Gasteiger partial charge in [0, 0.05) is 38.1 Å². The summed E-state index contributed by atoms with van der Waals surface area (Å²) in [4.78, 5) is 47.0. The number of ether oxygens (including phenoxy) is 4. The van der Waals surface area contributed by atoms with Gasteiger partial charge in [-0.3, -0.25) is 4.79 Å². The molecule has 1 fully saturated rings. The number of halogens is 2. The molecule has 2 aromatic heterocycles. The van der Waals surface area contributed by atoms with E-state index in [0.717, 1.165) is 0 Å². The van der Waals surface area contributed by atoms with E-state index in [0.29, 0.717) is 49.1 Å². The first kappa shape index (κ1) is 30.5. The number of esters is 2. The Labute approximate surface area is 237 Å². The third-order valence-electron chi connectivity index (χ3n) is 5.79. The van der Waals surface area contributed by atoms with Gasteiger partial charge in [-0.25, -0.2) is 14.6 Å². The van der Waals surface area contributed by atoms with E-state index in [1.54, 1.807) is 27.7 Å². The average molecular weight is 585 g/mol. The van der Waals surface area contributed by atoms with Gasteiger partial charge in [0.05, 0.1) is 16.7 Å². The zero-order valence-corrected chi connectivity index (χ0v) is 24.2. The fraction of sp³-hybridized carbons (Fsp3) is 0.538. The Hall–Kier alpha value is -3.02. The number of hydrogen-bond donors (Lipinski definition) is 2. The number of nitrogens with one attached hydrogen (secondary N) is 2. The van der Waals surface area contributed by atoms with Gasteiger partial charge in [-0.2, -0.15) is 0 Å². The third-order valence-corrected chi connectivity index (χ3v) is 6.74. The number of pyridine rings is 1. The second-order valence-corrected chi connectivity index (χ2v) is 10.8. The first-order valence-corrected chi connectivity index (χ1v) is 13.3. The molecule has 0 saturated carbocycles. The number of carbonyl (C=O) groups is 3. The lowest BCUT2D eigenvalue weighted by Crippen LogP contribution is -2.45. The summed E-state index contributed by atoms with van der Waals surface area (Å²) >= 11 is 12.3. The maximum absolute atomic E-state index is 12.9. The number of anilines is 1. The zero-order valence-electron chi connectivity index (χ0n) is 22.7. The van der Waals surface area contributed by atoms with Crippen molar-refractivity contribution in [3.8, 4) is 5.75 Å². The second kappa shape index (κ2) is 13.4. The highest BCUT2D eigenvalue weighted by Crippen LogP contribution is 2.33. The predicted octanol–water partition coefficient (Wildman–Crippen LogP) is 3.95. The minimum atomic E-state index is -0.740. The van der Waals surface area contributed by atoms with E-state index in [9.17, 15) is 14.4 Å². The molecular formula is C26H34Cl2N4O7. The maximum Gasteiger partial charge on any atom is 0.344 e. The molecule has 3 heterocycles. The van der Waals surface area contributed by atoms with Crippen molar-refractivity contribution in [2.45, 2.75) is 52.2 Å². The van der Waals surface area contributed by atoms with E-state index in [1.165, 1.54) is 19.4 Å². The van der Waals surface area contributed by atoms with Crippen molar-refractivity contribution in [2.24, 2.45) is 0 Å². The van der Waals surface area contributed by atoms with Gasteiger partial charge in [-0.05, 0) is 46.6 Å². The number of aromatic amines is 1. The highest BCUT2D eigenvalue weighted by Gasteiger charge is 2.29. The largest absolute Gasteiger partial charge is 0.486 e. The molecular weight excluding hydrogens is 551 g/mol. The lowest BCUT2D eigenvalue weighted by atomic mass is 10.0. The predicted molar refractivity (Wildman–Crippen MR) is 146 cm³/mol. The molecule has 1 amide bonds. The highest BCUT2D eigenvalue weighted by atomic mass is 35.5. The van der Waals surface area contributed by atoms with Crippen LogP contribution < -0.4 is 15.0 Å². The van der Waals surface area contributed by atoms with Gasteiger partial charge in [-0.1, -0.05) is 23.2 Å². The van der Waals surface area contributed by atoms with Crippen LogP contribution in [0.3, 0.4) is 0 Å². The summed E-state index contributed by atoms with van der Waals surface area (Å²) < 4.78 is 21.4. The topological polar surface area (TPSA) is 132 Å². The summed E-state index contributed by atoms with van der Waals surface area (Å²) in [6.07, 6.45) is 2.71. The van der Waals surface area contributed by atoms with Crippen LogP contribution in [0.5, 0.6) is 5.75 Å². The van der Waals surface area contributed by atoms with Crippen molar-refractivity contribution >= 4 is 46.9 Å². The Bertz CT molecular complexity index is 1190. The number of rotatable bonds is 10. The molecule has 39 heavy (non-hydrogen) atoms. The zero-order chi connectivity index (χ0) is 28.7. The van der Waals surface area contributed by atoms with Gasteiger partial charge in [0.15, 0.2) is 18.2 Å². The first-order chi connectivity index (χ1) is 18.4. The molecule has 3 rings (SSSR count). The van der Waals surface area contributed by atoms with Crippen LogP contribution in [0.25, 0.3) is 0 Å². The number of aryl methyl sites for hydroxylation is 1. The van der Waals surface area contributed by atoms with Crippen LogP contribution in [0.4, 0.5) is 5.82 Å². The quantitative estimate of drug-likeness (QED) is 0.314. The molecule has 0 aliphatic carbocycles. The second-order valence-electron chi connectivity index (χ2n) is 10.0. The SMILES string of the molecule is COCCOc1c(C(=O)OCC(=O)OC(C)(C)C)ccnc1N1CCC(NC(=O)c2[nH]c(C)c(Cl)c2Cl)CC1. The van der Waals surface area contributed by atoms with E-state index >= 15 is 0 Å². The fourth-order valence-electron chi connectivity index (χ4n) is 3.99. The number of amides is 1. The molecule has 0 unspecified atom stereocenters. The van der Waals surface area contributed by atoms with Gasteiger partial charge >= 0.3 is 11.9 Å². The summed E-state index contributed by atoms with van der Waals surface area (Å²) in [6.45, 7) is 7.92. The van der Waals surface area contributed by atoms with Gasteiger partial charge in [0.25, 0.3) is 5.91 Å². The van der Waals surface area contributed by atoms with Gasteiger partial charge in [-0.15, -0.1) is 0 Å². The number of aromatic nitrogens is 2. The summed E-state index contributed by atoms with van der Waals surface area (Å²) in [5.74, 6) is -1.04. The van der Waals surface area contributed by atoms with Gasteiger partial charge in [0.2, 0.25) is 0 Å². The number of methoxy groups -OCH3 is 1. The molecule has 0 atom stereocenters. The molecule has 2 aromatic rings. The normalized spacial score (nSPS) is 14.2. The molecule has 0 aromatic carbocycles. The van der Waals surface area contributed by atoms with Crippen LogP contribution in [-0.2, 0) is 19.0 Å². The minimum Gasteiger partial charge on any atom is -0.486 e. The highest BCUT2D eigenvalue weighted by molar-refractivity contribution is 6.44. The Morgan fingerprint density at radius 2 is 1.85 bits per heavy atom. The number of H-pyrrole nitrogens is 1. The molecule has 1 aliphatic rings. The van der Waals surface area contributed by atoms with Crippen molar-refractivity contribution in [2.75, 3.05) is 44.9 Å². The molecule has 0 radical (unpaired) electrons. The molecule has 2 N–H and O–H groups in total. The summed E-state index contributed by atoms with van der Waals surface area (Å²) in [7, 11) is 1.54. The number of nitrogens with zero attached hydrogens (tertiary/aromatic N) is 2. The lowest BCUT2D eigenvalue weighted by molar-refractivity contribution is -0.158. The van der Waals surface area contributed by atoms with E-state index in [2.05, 4.69) is 15.3 Å². The van der Waals surface area contributed by atoms with Crippen LogP contribution in [-0.4, -0.2) is 79.5 Å². The van der Waals surface area contributed by atoms with Gasteiger partial charge < -0.3 is 34.1 Å². The molecule has 0 spiro atoms. The Morgan fingerprint density at radius 1 is 1.15 bits per heavy atom. The molecule has 1 aliphatic heterocycles. The fourth-order valence-corrected chi connectivity index (χ4v) is 4.40. The van der Waals surface area contributed by atoms with Crippen molar-refractivity contribution in [3.63, 3.8) is 0 Å². The Balaban J connectivity index is 1.69. The Kier molecular flexibility index (Phi) is 10.5. The van der Waals surface area contributed by atoms with E-state index in [1.807, 2.05) is 4.90 Å². The Morgan fingerprint density at radius 3 is 2.44 bits per heavy atom. The third kappa shape index (κ3) is 8.23. The molecule has 214 valence electrons. The van der Waals surface area contributed by atoms with Gasteiger partial charge in [0.1, 0.15) is 23.5 Å². The van der Waals surface area contributed by atoms with E-state index in [-0.39, 0.29) is 40.6 Å². The maximum atomic E-state index is 12.9. The number of carbonyl (C=O) groups excluding carboxylic acids is 3. The summed E-state index contributed by atoms with van der Waals surface area (Å²) in [5, 5.41) is 3.51. The first-order valence-electron chi connectivity index (χ1n) is 12.5. The number of piperidine rings is 1. The van der Waals surface area contributed by atoms with Crippen LogP contribution >= 0.6 is 23.2 Å². The van der Waals surface area contributed by atoms with Crippen LogP contribution in [0, 0.1) is 6.92 Å². The standard InChI is InChI=1S/C26H34Cl2N4O7/c1-15-19(27)20(28)21(30-15)24(34)31-16-7-10-32(11-8-16)23-22(37-13-12-36-5)17(6-9-29-23)25(35)38-14-18(33)39-26(2,3)4/h6,9,16,30H,7-8,10-14H2,1-5H3,(H,31,34). The minimum absolute atomic E-state index is 0.105. The summed E-state index contributed by atoms with van der Waals surface area (Å²) in [5.41, 5.74) is 0.282. The van der Waals surface area contributed by atoms with E-state index in [4.69, 9.17) is 42.1 Å². The lowest BCUT2D eigenvalue weighted by Gasteiger charge is -2.34.